The average molecular weight is 217 g/mol. The van der Waals surface area contributed by atoms with Crippen molar-refractivity contribution < 1.29 is 14.6 Å². The van der Waals surface area contributed by atoms with Gasteiger partial charge in [-0.05, 0) is 11.8 Å². The number of aliphatic hydroxyl groups is 1. The average Bonchev–Trinajstić information content (AvgIpc) is 2.11. The molecule has 0 saturated heterocycles. The predicted molar refractivity (Wildman–Crippen MR) is 59.6 cm³/mol. The van der Waals surface area contributed by atoms with Crippen molar-refractivity contribution in [1.82, 2.24) is 5.32 Å². The van der Waals surface area contributed by atoms with Gasteiger partial charge in [-0.15, -0.1) is 0 Å². The van der Waals surface area contributed by atoms with Crippen LogP contribution >= 0.6 is 0 Å². The van der Waals surface area contributed by atoms with Crippen molar-refractivity contribution in [2.24, 2.45) is 5.41 Å². The largest absolute Gasteiger partial charge is 0.389 e. The zero-order valence-electron chi connectivity index (χ0n) is 10.2. The molecule has 1 atom stereocenters. The first-order valence-electron chi connectivity index (χ1n) is 5.29. The Balaban J connectivity index is 3.58. The monoisotopic (exact) mass is 217 g/mol. The lowest BCUT2D eigenvalue weighted by Crippen LogP contribution is -2.34. The maximum Gasteiger partial charge on any atom is 0.220 e. The Morgan fingerprint density at radius 1 is 1.47 bits per heavy atom. The third-order valence-electron chi connectivity index (χ3n) is 2.00. The van der Waals surface area contributed by atoms with Crippen LogP contribution in [-0.4, -0.2) is 37.4 Å². The number of carbonyl (C=O) groups is 1. The van der Waals surface area contributed by atoms with Crippen LogP contribution in [-0.2, 0) is 9.53 Å². The summed E-state index contributed by atoms with van der Waals surface area (Å²) in [6, 6.07) is 0. The number of rotatable bonds is 6. The fourth-order valence-corrected chi connectivity index (χ4v) is 1.06. The van der Waals surface area contributed by atoms with Gasteiger partial charge in [0.1, 0.15) is 0 Å². The molecule has 0 saturated carbocycles. The summed E-state index contributed by atoms with van der Waals surface area (Å²) in [5, 5.41) is 12.0. The van der Waals surface area contributed by atoms with Gasteiger partial charge in [-0.25, -0.2) is 0 Å². The highest BCUT2D eigenvalue weighted by molar-refractivity contribution is 5.75. The number of hydrogen-bond acceptors (Lipinski definition) is 3. The van der Waals surface area contributed by atoms with E-state index in [0.717, 1.165) is 6.42 Å². The van der Waals surface area contributed by atoms with Crippen LogP contribution in [0.2, 0.25) is 0 Å². The highest BCUT2D eigenvalue weighted by atomic mass is 16.5. The van der Waals surface area contributed by atoms with Crippen molar-refractivity contribution in [3.63, 3.8) is 0 Å². The highest BCUT2D eigenvalue weighted by Crippen LogP contribution is 2.20. The van der Waals surface area contributed by atoms with Crippen molar-refractivity contribution in [3.05, 3.63) is 0 Å². The minimum atomic E-state index is -0.617. The van der Waals surface area contributed by atoms with Crippen LogP contribution in [0.15, 0.2) is 0 Å². The second kappa shape index (κ2) is 6.80. The van der Waals surface area contributed by atoms with E-state index in [1.165, 1.54) is 7.11 Å². The smallest absolute Gasteiger partial charge is 0.220 e. The van der Waals surface area contributed by atoms with E-state index in [2.05, 4.69) is 26.1 Å². The van der Waals surface area contributed by atoms with Gasteiger partial charge in [0.2, 0.25) is 5.91 Å². The Labute approximate surface area is 92.0 Å². The van der Waals surface area contributed by atoms with Gasteiger partial charge in [0.05, 0.1) is 12.7 Å². The molecule has 0 spiro atoms. The molecule has 0 aromatic heterocycles. The number of carbonyl (C=O) groups excluding carboxylic acids is 1. The maximum atomic E-state index is 11.3. The van der Waals surface area contributed by atoms with Gasteiger partial charge < -0.3 is 15.2 Å². The first-order chi connectivity index (χ1) is 6.85. The third kappa shape index (κ3) is 9.69. The molecule has 0 rings (SSSR count). The van der Waals surface area contributed by atoms with Crippen LogP contribution in [0.1, 0.15) is 33.6 Å². The number of ether oxygens (including phenoxy) is 1. The van der Waals surface area contributed by atoms with Gasteiger partial charge in [-0.1, -0.05) is 20.8 Å². The molecule has 15 heavy (non-hydrogen) atoms. The molecule has 4 heteroatoms. The maximum absolute atomic E-state index is 11.3. The molecule has 0 aromatic rings. The standard InChI is InChI=1S/C11H23NO3/c1-11(2,3)6-5-10(14)12-7-9(13)8-15-4/h9,13H,5-8H2,1-4H3,(H,12,14). The van der Waals surface area contributed by atoms with Crippen LogP contribution in [0.25, 0.3) is 0 Å². The van der Waals surface area contributed by atoms with Crippen LogP contribution in [0, 0.1) is 5.41 Å². The Kier molecular flexibility index (Phi) is 6.52. The van der Waals surface area contributed by atoms with Crippen LogP contribution in [0.5, 0.6) is 0 Å². The SMILES string of the molecule is COCC(O)CNC(=O)CCC(C)(C)C. The highest BCUT2D eigenvalue weighted by Gasteiger charge is 2.13. The number of nitrogens with one attached hydrogen (secondary N) is 1. The summed E-state index contributed by atoms with van der Waals surface area (Å²) in [5.74, 6) is -0.0138. The molecule has 0 aliphatic rings. The van der Waals surface area contributed by atoms with Crippen molar-refractivity contribution in [2.45, 2.75) is 39.7 Å². The lowest BCUT2D eigenvalue weighted by Gasteiger charge is -2.17. The van der Waals surface area contributed by atoms with E-state index in [4.69, 9.17) is 4.74 Å². The summed E-state index contributed by atoms with van der Waals surface area (Å²) in [6.45, 7) is 6.80. The minimum absolute atomic E-state index is 0.0138. The number of hydrogen-bond donors (Lipinski definition) is 2. The molecule has 90 valence electrons. The summed E-state index contributed by atoms with van der Waals surface area (Å²) in [4.78, 5) is 11.3. The quantitative estimate of drug-likeness (QED) is 0.696. The Morgan fingerprint density at radius 3 is 2.53 bits per heavy atom. The number of aliphatic hydroxyl groups excluding tert-OH is 1. The normalized spacial score (nSPS) is 13.7. The third-order valence-corrected chi connectivity index (χ3v) is 2.00. The Morgan fingerprint density at radius 2 is 2.07 bits per heavy atom. The molecular formula is C11H23NO3. The molecule has 0 aromatic carbocycles. The van der Waals surface area contributed by atoms with Crippen molar-refractivity contribution in [2.75, 3.05) is 20.3 Å². The lowest BCUT2D eigenvalue weighted by molar-refractivity contribution is -0.122. The minimum Gasteiger partial charge on any atom is -0.389 e. The van der Waals surface area contributed by atoms with E-state index in [9.17, 15) is 9.90 Å². The summed E-state index contributed by atoms with van der Waals surface area (Å²) >= 11 is 0. The Bertz CT molecular complexity index is 187. The van der Waals surface area contributed by atoms with Crippen LogP contribution in [0.3, 0.4) is 0 Å². The molecule has 0 bridgehead atoms. The van der Waals surface area contributed by atoms with E-state index in [1.54, 1.807) is 0 Å². The Hall–Kier alpha value is -0.610. The predicted octanol–water partition coefficient (Wildman–Crippen LogP) is 0.936. The van der Waals surface area contributed by atoms with E-state index < -0.39 is 6.10 Å². The molecule has 1 unspecified atom stereocenters. The second-order valence-corrected chi connectivity index (χ2v) is 4.97. The fourth-order valence-electron chi connectivity index (χ4n) is 1.06. The molecule has 0 heterocycles. The fraction of sp³-hybridized carbons (Fsp3) is 0.909. The summed E-state index contributed by atoms with van der Waals surface area (Å²) < 4.78 is 4.75. The summed E-state index contributed by atoms with van der Waals surface area (Å²) in [7, 11) is 1.52. The molecule has 2 N–H and O–H groups in total. The zero-order chi connectivity index (χ0) is 11.9. The van der Waals surface area contributed by atoms with Gasteiger partial charge in [-0.2, -0.15) is 0 Å². The van der Waals surface area contributed by atoms with Gasteiger partial charge in [0.15, 0.2) is 0 Å². The summed E-state index contributed by atoms with van der Waals surface area (Å²) in [6.07, 6.45) is 0.733. The second-order valence-electron chi connectivity index (χ2n) is 4.97. The molecular weight excluding hydrogens is 194 g/mol. The molecule has 0 fully saturated rings. The van der Waals surface area contributed by atoms with Crippen LogP contribution < -0.4 is 5.32 Å². The van der Waals surface area contributed by atoms with Crippen LogP contribution in [0.4, 0.5) is 0 Å². The molecule has 0 aliphatic heterocycles. The van der Waals surface area contributed by atoms with E-state index in [0.29, 0.717) is 6.42 Å². The van der Waals surface area contributed by atoms with Crippen molar-refractivity contribution in [1.29, 1.82) is 0 Å². The van der Waals surface area contributed by atoms with Gasteiger partial charge in [-0.3, -0.25) is 4.79 Å². The molecule has 1 amide bonds. The van der Waals surface area contributed by atoms with Gasteiger partial charge in [0.25, 0.3) is 0 Å². The summed E-state index contributed by atoms with van der Waals surface area (Å²) in [5.41, 5.74) is 0.169. The van der Waals surface area contributed by atoms with Gasteiger partial charge >= 0.3 is 0 Å². The van der Waals surface area contributed by atoms with Gasteiger partial charge in [0, 0.05) is 20.1 Å². The van der Waals surface area contributed by atoms with E-state index >= 15 is 0 Å². The lowest BCUT2D eigenvalue weighted by atomic mass is 9.90. The van der Waals surface area contributed by atoms with Crippen molar-refractivity contribution >= 4 is 5.91 Å². The number of methoxy groups -OCH3 is 1. The van der Waals surface area contributed by atoms with E-state index in [1.807, 2.05) is 0 Å². The first kappa shape index (κ1) is 14.4. The number of amides is 1. The topological polar surface area (TPSA) is 58.6 Å². The first-order valence-corrected chi connectivity index (χ1v) is 5.29. The van der Waals surface area contributed by atoms with E-state index in [-0.39, 0.29) is 24.5 Å². The molecule has 0 aliphatic carbocycles. The van der Waals surface area contributed by atoms with Crippen molar-refractivity contribution in [3.8, 4) is 0 Å². The molecule has 0 radical (unpaired) electrons. The zero-order valence-corrected chi connectivity index (χ0v) is 10.2. The molecule has 4 nitrogen and oxygen atoms in total.